The van der Waals surface area contributed by atoms with Gasteiger partial charge in [-0.2, -0.15) is 0 Å². The number of hydrogen-bond acceptors (Lipinski definition) is 6. The maximum absolute atomic E-state index is 13.6. The number of carbonyl (C=O) groups excluding carboxylic acids is 3. The van der Waals surface area contributed by atoms with Gasteiger partial charge in [-0.25, -0.2) is 14.4 Å². The van der Waals surface area contributed by atoms with Crippen LogP contribution in [-0.2, 0) is 15.9 Å². The second-order valence-electron chi connectivity index (χ2n) is 15.6. The molecule has 0 saturated heterocycles. The van der Waals surface area contributed by atoms with Crippen LogP contribution in [0, 0.1) is 0 Å². The molecule has 2 unspecified atom stereocenters. The number of nitrogens with zero attached hydrogens (tertiary/aromatic N) is 1. The zero-order valence-electron chi connectivity index (χ0n) is 31.3. The summed E-state index contributed by atoms with van der Waals surface area (Å²) < 4.78 is 16.7. The monoisotopic (exact) mass is 687 g/mol. The average molecular weight is 688 g/mol. The van der Waals surface area contributed by atoms with Crippen LogP contribution in [0.1, 0.15) is 111 Å². The number of amides is 3. The molecule has 1 aliphatic rings. The van der Waals surface area contributed by atoms with Crippen LogP contribution < -0.4 is 15.4 Å². The summed E-state index contributed by atoms with van der Waals surface area (Å²) in [6, 6.07) is 14.3. The molecule has 3 aromatic carbocycles. The van der Waals surface area contributed by atoms with Gasteiger partial charge in [0.15, 0.2) is 0 Å². The molecular formula is C41H57N3O6. The fourth-order valence-corrected chi connectivity index (χ4v) is 6.21. The number of benzene rings is 3. The van der Waals surface area contributed by atoms with Gasteiger partial charge in [0.05, 0.1) is 0 Å². The summed E-state index contributed by atoms with van der Waals surface area (Å²) >= 11 is 0. The van der Waals surface area contributed by atoms with Gasteiger partial charge < -0.3 is 29.7 Å². The first kappa shape index (κ1) is 38.5. The number of fused-ring (bicyclic) bond motifs is 5. The number of hydrogen-bond donors (Lipinski definition) is 2. The highest BCUT2D eigenvalue weighted by atomic mass is 16.6. The molecule has 0 fully saturated rings. The van der Waals surface area contributed by atoms with E-state index in [0.717, 1.165) is 55.7 Å². The second kappa shape index (κ2) is 17.1. The van der Waals surface area contributed by atoms with Gasteiger partial charge in [0.2, 0.25) is 0 Å². The van der Waals surface area contributed by atoms with E-state index in [9.17, 15) is 14.4 Å². The molecule has 0 radical (unpaired) electrons. The Morgan fingerprint density at radius 2 is 1.32 bits per heavy atom. The zero-order valence-corrected chi connectivity index (χ0v) is 31.3. The van der Waals surface area contributed by atoms with Gasteiger partial charge in [0.25, 0.3) is 0 Å². The lowest BCUT2D eigenvalue weighted by molar-refractivity contribution is 0.0492. The summed E-state index contributed by atoms with van der Waals surface area (Å²) in [6.07, 6.45) is 10.3. The van der Waals surface area contributed by atoms with Crippen molar-refractivity contribution in [2.75, 3.05) is 13.1 Å². The Labute approximate surface area is 298 Å². The van der Waals surface area contributed by atoms with Gasteiger partial charge >= 0.3 is 18.3 Å². The molecule has 50 heavy (non-hydrogen) atoms. The Hall–Kier alpha value is -4.27. The van der Waals surface area contributed by atoms with Crippen molar-refractivity contribution >= 4 is 45.9 Å². The number of nitrogens with one attached hydrogen (secondary N) is 2. The predicted molar refractivity (Wildman–Crippen MR) is 202 cm³/mol. The number of ether oxygens (including phenoxy) is 3. The summed E-state index contributed by atoms with van der Waals surface area (Å²) in [5.74, 6) is 0.503. The van der Waals surface area contributed by atoms with Gasteiger partial charge in [-0.3, -0.25) is 0 Å². The van der Waals surface area contributed by atoms with Gasteiger partial charge in [-0.05, 0) is 126 Å². The molecule has 0 aliphatic heterocycles. The van der Waals surface area contributed by atoms with Crippen LogP contribution in [0.3, 0.4) is 0 Å². The Bertz CT molecular complexity index is 1670. The molecule has 4 rings (SSSR count). The Morgan fingerprint density at radius 1 is 0.720 bits per heavy atom. The van der Waals surface area contributed by atoms with E-state index < -0.39 is 23.4 Å². The maximum atomic E-state index is 13.6. The van der Waals surface area contributed by atoms with E-state index in [1.807, 2.05) is 73.6 Å². The summed E-state index contributed by atoms with van der Waals surface area (Å²) in [5.41, 5.74) is 1.53. The van der Waals surface area contributed by atoms with Crippen LogP contribution in [0.5, 0.6) is 5.75 Å². The Balaban J connectivity index is 1.32. The zero-order chi connectivity index (χ0) is 36.5. The van der Waals surface area contributed by atoms with Crippen molar-refractivity contribution in [2.45, 2.75) is 130 Å². The largest absolute Gasteiger partial charge is 0.444 e. The van der Waals surface area contributed by atoms with Crippen molar-refractivity contribution in [3.63, 3.8) is 0 Å². The van der Waals surface area contributed by atoms with Crippen LogP contribution in [0.25, 0.3) is 27.6 Å². The molecule has 3 amide bonds. The van der Waals surface area contributed by atoms with E-state index in [2.05, 4.69) is 47.1 Å². The number of alkyl carbamates (subject to hydrolysis) is 2. The lowest BCUT2D eigenvalue weighted by Crippen LogP contribution is -2.41. The predicted octanol–water partition coefficient (Wildman–Crippen LogP) is 9.92. The van der Waals surface area contributed by atoms with Crippen molar-refractivity contribution in [1.82, 2.24) is 15.5 Å². The third kappa shape index (κ3) is 12.0. The minimum Gasteiger partial charge on any atom is -0.444 e. The molecule has 2 N–H and O–H groups in total. The summed E-state index contributed by atoms with van der Waals surface area (Å²) in [4.78, 5) is 39.6. The quantitative estimate of drug-likeness (QED) is 0.129. The topological polar surface area (TPSA) is 106 Å². The van der Waals surface area contributed by atoms with E-state index >= 15 is 0 Å². The lowest BCUT2D eigenvalue weighted by atomic mass is 9.96. The first-order valence-corrected chi connectivity index (χ1v) is 18.2. The lowest BCUT2D eigenvalue weighted by Gasteiger charge is -2.25. The first-order chi connectivity index (χ1) is 23.6. The van der Waals surface area contributed by atoms with Crippen LogP contribution >= 0.6 is 0 Å². The van der Waals surface area contributed by atoms with Crippen LogP contribution in [0.4, 0.5) is 14.4 Å². The number of allylic oxidation sites excluding steroid dienone is 1. The summed E-state index contributed by atoms with van der Waals surface area (Å²) in [5, 5.41) is 10.4. The molecule has 9 nitrogen and oxygen atoms in total. The molecule has 0 saturated carbocycles. The molecule has 0 spiro atoms. The highest BCUT2D eigenvalue weighted by Crippen LogP contribution is 2.34. The third-order valence-electron chi connectivity index (χ3n) is 8.64. The van der Waals surface area contributed by atoms with E-state index in [1.165, 1.54) is 21.9 Å². The third-order valence-corrected chi connectivity index (χ3v) is 8.64. The summed E-state index contributed by atoms with van der Waals surface area (Å²) in [6.45, 7) is 15.9. The van der Waals surface area contributed by atoms with Crippen molar-refractivity contribution in [2.24, 2.45) is 0 Å². The van der Waals surface area contributed by atoms with Crippen LogP contribution in [0.15, 0.2) is 48.5 Å². The Morgan fingerprint density at radius 3 is 2.00 bits per heavy atom. The summed E-state index contributed by atoms with van der Waals surface area (Å²) in [7, 11) is 0. The normalized spacial score (nSPS) is 13.8. The van der Waals surface area contributed by atoms with Gasteiger partial charge in [-0.1, -0.05) is 68.2 Å². The van der Waals surface area contributed by atoms with Gasteiger partial charge in [-0.15, -0.1) is 0 Å². The molecule has 272 valence electrons. The van der Waals surface area contributed by atoms with Crippen molar-refractivity contribution < 1.29 is 28.6 Å². The molecular weight excluding hydrogens is 630 g/mol. The van der Waals surface area contributed by atoms with Crippen molar-refractivity contribution in [1.29, 1.82) is 0 Å². The Kier molecular flexibility index (Phi) is 13.2. The van der Waals surface area contributed by atoms with E-state index in [0.29, 0.717) is 25.3 Å². The van der Waals surface area contributed by atoms with Crippen molar-refractivity contribution in [3.05, 3.63) is 59.7 Å². The van der Waals surface area contributed by atoms with Crippen LogP contribution in [0.2, 0.25) is 0 Å². The fraction of sp³-hybridized carbons (Fsp3) is 0.537. The second-order valence-corrected chi connectivity index (χ2v) is 15.6. The molecule has 3 aromatic rings. The molecule has 2 atom stereocenters. The van der Waals surface area contributed by atoms with Gasteiger partial charge in [0, 0.05) is 25.2 Å². The number of rotatable bonds is 14. The fourth-order valence-electron chi connectivity index (χ4n) is 6.21. The standard InChI is InChI=1S/C41H57N3O6/c1-28(42-37(45)49-40(3,4)5)15-12-10-9-11-13-25-44(26-24-29(2)43-38(46)50-41(6,7)8)39(47)48-32-20-23-34-31(27-32)19-22-35-33-17-14-16-30(33)18-21-36(34)35/h14,16,18-23,27-29H,9-13,15,17,24-26H2,1-8H3,(H,42,45)(H,43,46). The van der Waals surface area contributed by atoms with Crippen LogP contribution in [-0.4, -0.2) is 59.6 Å². The molecule has 9 heteroatoms. The maximum Gasteiger partial charge on any atom is 0.415 e. The first-order valence-electron chi connectivity index (χ1n) is 18.2. The minimum atomic E-state index is -0.588. The van der Waals surface area contributed by atoms with Crippen molar-refractivity contribution in [3.8, 4) is 5.75 Å². The minimum absolute atomic E-state index is 0.0400. The van der Waals surface area contributed by atoms with E-state index in [1.54, 1.807) is 4.90 Å². The SMILES string of the molecule is CC(CCCCCCCN(CCC(C)NC(=O)OC(C)(C)C)C(=O)Oc1ccc2c(ccc3c4c(ccc32)C=CC4)c1)NC(=O)OC(C)(C)C. The smallest absolute Gasteiger partial charge is 0.415 e. The molecule has 0 aromatic heterocycles. The highest BCUT2D eigenvalue weighted by Gasteiger charge is 2.21. The van der Waals surface area contributed by atoms with Gasteiger partial charge in [0.1, 0.15) is 17.0 Å². The average Bonchev–Trinajstić information content (AvgIpc) is 3.49. The highest BCUT2D eigenvalue weighted by molar-refractivity contribution is 6.10. The molecule has 0 heterocycles. The van der Waals surface area contributed by atoms with E-state index in [-0.39, 0.29) is 18.2 Å². The number of unbranched alkanes of at least 4 members (excludes halogenated alkanes) is 4. The molecule has 0 bridgehead atoms. The van der Waals surface area contributed by atoms with E-state index in [4.69, 9.17) is 14.2 Å². The molecule has 1 aliphatic carbocycles. The number of carbonyl (C=O) groups is 3.